The van der Waals surface area contributed by atoms with Crippen LogP contribution in [0.2, 0.25) is 0 Å². The fraction of sp³-hybridized carbons (Fsp3) is 0.167. The minimum atomic E-state index is 0.405. The summed E-state index contributed by atoms with van der Waals surface area (Å²) in [6.07, 6.45) is 3.94. The summed E-state index contributed by atoms with van der Waals surface area (Å²) >= 11 is 0. The van der Waals surface area contributed by atoms with Crippen LogP contribution in [-0.2, 0) is 0 Å². The predicted octanol–water partition coefficient (Wildman–Crippen LogP) is 3.46. The predicted molar refractivity (Wildman–Crippen MR) is 56.9 cm³/mol. The molecular weight excluding hydrogens is 158 g/mol. The Hall–Kier alpha value is -1.50. The maximum Gasteiger partial charge on any atom is 0.0492 e. The van der Waals surface area contributed by atoms with Gasteiger partial charge in [0.2, 0.25) is 0 Å². The van der Waals surface area contributed by atoms with Gasteiger partial charge in [0.05, 0.1) is 0 Å². The fourth-order valence-electron chi connectivity index (χ4n) is 1.62. The maximum absolute atomic E-state index is 3.81. The highest BCUT2D eigenvalue weighted by molar-refractivity contribution is 5.83. The highest BCUT2D eigenvalue weighted by Gasteiger charge is 2.05. The average molecular weight is 171 g/mol. The van der Waals surface area contributed by atoms with Crippen molar-refractivity contribution in [3.63, 3.8) is 0 Å². The zero-order chi connectivity index (χ0) is 9.26. The Morgan fingerprint density at radius 2 is 2.23 bits per heavy atom. The van der Waals surface area contributed by atoms with Gasteiger partial charge in [-0.25, -0.2) is 0 Å². The van der Waals surface area contributed by atoms with Gasteiger partial charge >= 0.3 is 0 Å². The summed E-state index contributed by atoms with van der Waals surface area (Å²) in [5, 5.41) is 1.27. The van der Waals surface area contributed by atoms with E-state index in [0.29, 0.717) is 5.92 Å². The first-order valence-corrected chi connectivity index (χ1v) is 4.51. The second kappa shape index (κ2) is 3.09. The average Bonchev–Trinajstić information content (AvgIpc) is 2.63. The van der Waals surface area contributed by atoms with Crippen molar-refractivity contribution in [2.45, 2.75) is 12.8 Å². The summed E-state index contributed by atoms with van der Waals surface area (Å²) in [6.45, 7) is 5.97. The van der Waals surface area contributed by atoms with Crippen LogP contribution in [0.5, 0.6) is 0 Å². The standard InChI is InChI=1S/C12H13N/c1-3-9(2)11-6-4-5-10-7-8-13-12(10)11/h3-9,13H,1H2,2H3. The van der Waals surface area contributed by atoms with E-state index in [-0.39, 0.29) is 0 Å². The van der Waals surface area contributed by atoms with E-state index in [0.717, 1.165) is 0 Å². The fourth-order valence-corrected chi connectivity index (χ4v) is 1.62. The molecule has 0 amide bonds. The molecule has 0 saturated heterocycles. The van der Waals surface area contributed by atoms with Crippen LogP contribution in [-0.4, -0.2) is 4.98 Å². The normalized spacial score (nSPS) is 13.0. The number of aromatic amines is 1. The van der Waals surface area contributed by atoms with Crippen molar-refractivity contribution in [1.82, 2.24) is 4.98 Å². The maximum atomic E-state index is 3.81. The molecule has 2 rings (SSSR count). The zero-order valence-electron chi connectivity index (χ0n) is 7.75. The van der Waals surface area contributed by atoms with Crippen LogP contribution in [0, 0.1) is 0 Å². The number of fused-ring (bicyclic) bond motifs is 1. The molecule has 0 spiro atoms. The van der Waals surface area contributed by atoms with Gasteiger partial charge in [-0.05, 0) is 17.0 Å². The number of rotatable bonds is 2. The molecule has 0 saturated carbocycles. The van der Waals surface area contributed by atoms with Crippen LogP contribution in [0.15, 0.2) is 43.1 Å². The largest absolute Gasteiger partial charge is 0.361 e. The molecule has 0 radical (unpaired) electrons. The summed E-state index contributed by atoms with van der Waals surface area (Å²) in [4.78, 5) is 3.26. The molecule has 1 heterocycles. The smallest absolute Gasteiger partial charge is 0.0492 e. The Bertz CT molecular complexity index is 425. The number of nitrogens with one attached hydrogen (secondary N) is 1. The first-order valence-electron chi connectivity index (χ1n) is 4.51. The van der Waals surface area contributed by atoms with E-state index in [1.165, 1.54) is 16.5 Å². The van der Waals surface area contributed by atoms with Gasteiger partial charge in [0, 0.05) is 17.6 Å². The zero-order valence-corrected chi connectivity index (χ0v) is 7.75. The number of hydrogen-bond donors (Lipinski definition) is 1. The molecule has 1 atom stereocenters. The highest BCUT2D eigenvalue weighted by Crippen LogP contribution is 2.24. The van der Waals surface area contributed by atoms with E-state index in [1.54, 1.807) is 0 Å². The molecule has 1 unspecified atom stereocenters. The van der Waals surface area contributed by atoms with Crippen molar-refractivity contribution >= 4 is 10.9 Å². The summed E-state index contributed by atoms with van der Waals surface area (Å²) in [6, 6.07) is 8.44. The Kier molecular flexibility index (Phi) is 1.93. The minimum Gasteiger partial charge on any atom is -0.361 e. The monoisotopic (exact) mass is 171 g/mol. The van der Waals surface area contributed by atoms with Crippen LogP contribution in [0.4, 0.5) is 0 Å². The quantitative estimate of drug-likeness (QED) is 0.666. The third-order valence-corrected chi connectivity index (χ3v) is 2.46. The van der Waals surface area contributed by atoms with Crippen LogP contribution >= 0.6 is 0 Å². The molecule has 66 valence electrons. The third-order valence-electron chi connectivity index (χ3n) is 2.46. The molecular formula is C12H13N. The van der Waals surface area contributed by atoms with E-state index >= 15 is 0 Å². The molecule has 2 aromatic rings. The lowest BCUT2D eigenvalue weighted by Gasteiger charge is -2.07. The lowest BCUT2D eigenvalue weighted by Crippen LogP contribution is -1.89. The number of H-pyrrole nitrogens is 1. The molecule has 0 aliphatic heterocycles. The SMILES string of the molecule is C=CC(C)c1cccc2cc[nH]c12. The van der Waals surface area contributed by atoms with Gasteiger partial charge < -0.3 is 4.98 Å². The summed E-state index contributed by atoms with van der Waals surface area (Å²) < 4.78 is 0. The van der Waals surface area contributed by atoms with Crippen molar-refractivity contribution in [2.75, 3.05) is 0 Å². The van der Waals surface area contributed by atoms with Crippen molar-refractivity contribution in [3.8, 4) is 0 Å². The van der Waals surface area contributed by atoms with Crippen LogP contribution in [0.3, 0.4) is 0 Å². The summed E-state index contributed by atoms with van der Waals surface area (Å²) in [7, 11) is 0. The van der Waals surface area contributed by atoms with Crippen LogP contribution < -0.4 is 0 Å². The van der Waals surface area contributed by atoms with Gasteiger partial charge in [-0.15, -0.1) is 6.58 Å². The molecule has 1 nitrogen and oxygen atoms in total. The van der Waals surface area contributed by atoms with Crippen molar-refractivity contribution in [3.05, 3.63) is 48.7 Å². The van der Waals surface area contributed by atoms with Crippen LogP contribution in [0.25, 0.3) is 10.9 Å². The lowest BCUT2D eigenvalue weighted by molar-refractivity contribution is 0.979. The Labute approximate surface area is 78.1 Å². The molecule has 0 aliphatic carbocycles. The minimum absolute atomic E-state index is 0.405. The Balaban J connectivity index is 2.67. The molecule has 1 aromatic heterocycles. The van der Waals surface area contributed by atoms with Gasteiger partial charge in [0.25, 0.3) is 0 Å². The number of benzene rings is 1. The van der Waals surface area contributed by atoms with E-state index in [1.807, 2.05) is 12.3 Å². The molecule has 1 heteroatoms. The Morgan fingerprint density at radius 1 is 1.38 bits per heavy atom. The number of hydrogen-bond acceptors (Lipinski definition) is 0. The van der Waals surface area contributed by atoms with Crippen molar-refractivity contribution in [1.29, 1.82) is 0 Å². The molecule has 0 fully saturated rings. The molecule has 1 N–H and O–H groups in total. The number of aromatic nitrogens is 1. The Morgan fingerprint density at radius 3 is 3.00 bits per heavy atom. The van der Waals surface area contributed by atoms with Gasteiger partial charge in [0.15, 0.2) is 0 Å². The van der Waals surface area contributed by atoms with Gasteiger partial charge in [-0.3, -0.25) is 0 Å². The number of para-hydroxylation sites is 1. The van der Waals surface area contributed by atoms with E-state index in [4.69, 9.17) is 0 Å². The van der Waals surface area contributed by atoms with Gasteiger partial charge in [-0.1, -0.05) is 31.2 Å². The first kappa shape index (κ1) is 8.11. The van der Waals surface area contributed by atoms with Crippen molar-refractivity contribution in [2.24, 2.45) is 0 Å². The number of allylic oxidation sites excluding steroid dienone is 1. The molecule has 0 aliphatic rings. The van der Waals surface area contributed by atoms with Gasteiger partial charge in [0.1, 0.15) is 0 Å². The summed E-state index contributed by atoms with van der Waals surface area (Å²) in [5.74, 6) is 0.405. The van der Waals surface area contributed by atoms with Crippen LogP contribution in [0.1, 0.15) is 18.4 Å². The van der Waals surface area contributed by atoms with Crippen molar-refractivity contribution < 1.29 is 0 Å². The molecule has 1 aromatic carbocycles. The first-order chi connectivity index (χ1) is 6.33. The topological polar surface area (TPSA) is 15.8 Å². The summed E-state index contributed by atoms with van der Waals surface area (Å²) in [5.41, 5.74) is 2.55. The third kappa shape index (κ3) is 1.26. The van der Waals surface area contributed by atoms with Gasteiger partial charge in [-0.2, -0.15) is 0 Å². The van der Waals surface area contributed by atoms with E-state index in [9.17, 15) is 0 Å². The molecule has 13 heavy (non-hydrogen) atoms. The van der Waals surface area contributed by atoms with E-state index < -0.39 is 0 Å². The lowest BCUT2D eigenvalue weighted by atomic mass is 9.99. The second-order valence-electron chi connectivity index (χ2n) is 3.31. The van der Waals surface area contributed by atoms with E-state index in [2.05, 4.69) is 42.8 Å². The highest BCUT2D eigenvalue weighted by atomic mass is 14.7. The second-order valence-corrected chi connectivity index (χ2v) is 3.31. The molecule has 0 bridgehead atoms.